The van der Waals surface area contributed by atoms with Crippen molar-refractivity contribution < 1.29 is 4.52 Å². The molecule has 6 heteroatoms. The minimum atomic E-state index is 0. The first-order valence-corrected chi connectivity index (χ1v) is 8.24. The van der Waals surface area contributed by atoms with Gasteiger partial charge in [0.05, 0.1) is 0 Å². The number of fused-ring (bicyclic) bond motifs is 1. The van der Waals surface area contributed by atoms with Gasteiger partial charge < -0.3 is 9.84 Å². The molecule has 0 amide bonds. The Bertz CT molecular complexity index is 920. The first-order chi connectivity index (χ1) is 11.6. The summed E-state index contributed by atoms with van der Waals surface area (Å²) in [5, 5.41) is 7.64. The largest absolute Gasteiger partial charge is 0.334 e. The molecule has 5 nitrogen and oxygen atoms in total. The lowest BCUT2D eigenvalue weighted by atomic mass is 9.95. The summed E-state index contributed by atoms with van der Waals surface area (Å²) in [4.78, 5) is 9.20. The fraction of sp³-hybridized carbons (Fsp3) is 0.316. The van der Waals surface area contributed by atoms with E-state index in [0.717, 1.165) is 36.3 Å². The van der Waals surface area contributed by atoms with E-state index in [0.29, 0.717) is 11.7 Å². The zero-order chi connectivity index (χ0) is 16.7. The maximum atomic E-state index is 5.58. The summed E-state index contributed by atoms with van der Waals surface area (Å²) < 4.78 is 5.58. The van der Waals surface area contributed by atoms with Crippen LogP contribution in [0.2, 0.25) is 0 Å². The van der Waals surface area contributed by atoms with Gasteiger partial charge in [-0.1, -0.05) is 17.3 Å². The monoisotopic (exact) mass is 356 g/mol. The predicted octanol–water partition coefficient (Wildman–Crippen LogP) is 3.79. The molecule has 1 aliphatic rings. The average molecular weight is 357 g/mol. The second kappa shape index (κ2) is 6.94. The third-order valence-corrected chi connectivity index (χ3v) is 4.82. The first kappa shape index (κ1) is 17.6. The normalized spacial score (nSPS) is 13.2. The van der Waals surface area contributed by atoms with Crippen molar-refractivity contribution in [2.24, 2.45) is 0 Å². The van der Waals surface area contributed by atoms with Crippen LogP contribution in [0.25, 0.3) is 22.8 Å². The summed E-state index contributed by atoms with van der Waals surface area (Å²) in [6.07, 6.45) is 2.91. The van der Waals surface area contributed by atoms with Crippen LogP contribution in [-0.2, 0) is 13.0 Å². The van der Waals surface area contributed by atoms with E-state index in [1.807, 2.05) is 25.3 Å². The second-order valence-corrected chi connectivity index (χ2v) is 6.32. The third-order valence-electron chi connectivity index (χ3n) is 4.82. The molecule has 0 aliphatic carbocycles. The molecule has 130 valence electrons. The highest BCUT2D eigenvalue weighted by Crippen LogP contribution is 2.31. The molecule has 0 saturated heterocycles. The Kier molecular flexibility index (Phi) is 4.88. The van der Waals surface area contributed by atoms with Crippen molar-refractivity contribution in [3.05, 3.63) is 52.3 Å². The van der Waals surface area contributed by atoms with Gasteiger partial charge in [-0.3, -0.25) is 4.98 Å². The molecule has 3 aromatic rings. The van der Waals surface area contributed by atoms with Crippen LogP contribution < -0.4 is 5.32 Å². The van der Waals surface area contributed by atoms with Crippen LogP contribution in [0.5, 0.6) is 0 Å². The lowest BCUT2D eigenvalue weighted by molar-refractivity contribution is 0.432. The van der Waals surface area contributed by atoms with Gasteiger partial charge in [0.15, 0.2) is 0 Å². The van der Waals surface area contributed by atoms with Crippen molar-refractivity contribution in [3.8, 4) is 22.8 Å². The quantitative estimate of drug-likeness (QED) is 0.756. The second-order valence-electron chi connectivity index (χ2n) is 6.32. The number of aromatic nitrogens is 3. The molecule has 0 radical (unpaired) electrons. The Morgan fingerprint density at radius 2 is 2.00 bits per heavy atom. The summed E-state index contributed by atoms with van der Waals surface area (Å²) in [6.45, 7) is 7.98. The van der Waals surface area contributed by atoms with E-state index in [1.54, 1.807) is 0 Å². The zero-order valence-corrected chi connectivity index (χ0v) is 15.4. The Morgan fingerprint density at radius 3 is 2.84 bits per heavy atom. The van der Waals surface area contributed by atoms with Gasteiger partial charge in [-0.25, -0.2) is 0 Å². The van der Waals surface area contributed by atoms with E-state index < -0.39 is 0 Å². The number of aryl methyl sites for hydroxylation is 2. The Hall–Kier alpha value is -2.24. The van der Waals surface area contributed by atoms with E-state index in [4.69, 9.17) is 4.52 Å². The van der Waals surface area contributed by atoms with Gasteiger partial charge in [0, 0.05) is 29.6 Å². The van der Waals surface area contributed by atoms with Crippen LogP contribution in [0.4, 0.5) is 0 Å². The molecule has 0 bridgehead atoms. The van der Waals surface area contributed by atoms with Crippen molar-refractivity contribution >= 4 is 12.4 Å². The summed E-state index contributed by atoms with van der Waals surface area (Å²) in [5.74, 6) is 1.20. The number of halogens is 1. The minimum Gasteiger partial charge on any atom is -0.334 e. The maximum absolute atomic E-state index is 5.58. The van der Waals surface area contributed by atoms with Crippen LogP contribution in [0, 0.1) is 20.8 Å². The number of hydrogen-bond acceptors (Lipinski definition) is 5. The van der Waals surface area contributed by atoms with Crippen molar-refractivity contribution in [3.63, 3.8) is 0 Å². The highest BCUT2D eigenvalue weighted by atomic mass is 35.5. The average Bonchev–Trinajstić information content (AvgIpc) is 3.06. The SMILES string of the molecule is Cc1cccc(-c2nc(-c3c(C)ncc4c3CCNC4)no2)c1C.Cl. The number of rotatable bonds is 2. The summed E-state index contributed by atoms with van der Waals surface area (Å²) in [7, 11) is 0. The highest BCUT2D eigenvalue weighted by molar-refractivity contribution is 5.85. The maximum Gasteiger partial charge on any atom is 0.258 e. The minimum absolute atomic E-state index is 0. The molecule has 0 spiro atoms. The predicted molar refractivity (Wildman–Crippen MR) is 99.8 cm³/mol. The molecule has 1 aliphatic heterocycles. The zero-order valence-electron chi connectivity index (χ0n) is 14.6. The topological polar surface area (TPSA) is 63.8 Å². The highest BCUT2D eigenvalue weighted by Gasteiger charge is 2.21. The van der Waals surface area contributed by atoms with Crippen LogP contribution in [0.1, 0.15) is 27.9 Å². The molecule has 3 heterocycles. The smallest absolute Gasteiger partial charge is 0.258 e. The molecule has 0 atom stereocenters. The van der Waals surface area contributed by atoms with Gasteiger partial charge in [0.2, 0.25) is 5.82 Å². The lowest BCUT2D eigenvalue weighted by Crippen LogP contribution is -2.24. The van der Waals surface area contributed by atoms with E-state index in [1.165, 1.54) is 22.3 Å². The molecule has 1 N–H and O–H groups in total. The van der Waals surface area contributed by atoms with Crippen molar-refractivity contribution in [1.29, 1.82) is 0 Å². The Balaban J connectivity index is 0.00000182. The molecule has 0 saturated carbocycles. The van der Waals surface area contributed by atoms with E-state index in [-0.39, 0.29) is 12.4 Å². The van der Waals surface area contributed by atoms with Crippen molar-refractivity contribution in [1.82, 2.24) is 20.4 Å². The molecule has 0 fully saturated rings. The standard InChI is InChI=1S/C19H20N4O.ClH/c1-11-5-4-6-15(12(11)2)19-22-18(23-24-19)17-13(3)21-10-14-9-20-8-7-16(14)17;/h4-6,10,20H,7-9H2,1-3H3;1H. The molecule has 0 unspecified atom stereocenters. The number of nitrogens with zero attached hydrogens (tertiary/aromatic N) is 3. The van der Waals surface area contributed by atoms with Gasteiger partial charge >= 0.3 is 0 Å². The Morgan fingerprint density at radius 1 is 1.16 bits per heavy atom. The van der Waals surface area contributed by atoms with E-state index in [9.17, 15) is 0 Å². The summed E-state index contributed by atoms with van der Waals surface area (Å²) >= 11 is 0. The fourth-order valence-electron chi connectivity index (χ4n) is 3.28. The van der Waals surface area contributed by atoms with Crippen LogP contribution >= 0.6 is 12.4 Å². The summed E-state index contributed by atoms with van der Waals surface area (Å²) in [5.41, 5.74) is 7.86. The van der Waals surface area contributed by atoms with Crippen LogP contribution in [0.3, 0.4) is 0 Å². The van der Waals surface area contributed by atoms with Crippen molar-refractivity contribution in [2.75, 3.05) is 6.54 Å². The van der Waals surface area contributed by atoms with E-state index in [2.05, 4.69) is 40.4 Å². The van der Waals surface area contributed by atoms with Gasteiger partial charge in [0.25, 0.3) is 5.89 Å². The van der Waals surface area contributed by atoms with Crippen molar-refractivity contribution in [2.45, 2.75) is 33.7 Å². The van der Waals surface area contributed by atoms with Crippen LogP contribution in [-0.4, -0.2) is 21.7 Å². The number of hydrogen-bond donors (Lipinski definition) is 1. The van der Waals surface area contributed by atoms with Gasteiger partial charge in [-0.15, -0.1) is 12.4 Å². The van der Waals surface area contributed by atoms with Gasteiger partial charge in [-0.05, 0) is 62.1 Å². The molecular formula is C19H21ClN4O. The molecule has 2 aromatic heterocycles. The molecule has 25 heavy (non-hydrogen) atoms. The first-order valence-electron chi connectivity index (χ1n) is 8.24. The van der Waals surface area contributed by atoms with Gasteiger partial charge in [-0.2, -0.15) is 4.98 Å². The number of nitrogens with one attached hydrogen (secondary N) is 1. The lowest BCUT2D eigenvalue weighted by Gasteiger charge is -2.19. The van der Waals surface area contributed by atoms with Crippen LogP contribution in [0.15, 0.2) is 28.9 Å². The molecule has 1 aromatic carbocycles. The molecular weight excluding hydrogens is 336 g/mol. The van der Waals surface area contributed by atoms with E-state index >= 15 is 0 Å². The fourth-order valence-corrected chi connectivity index (χ4v) is 3.28. The summed E-state index contributed by atoms with van der Waals surface area (Å²) in [6, 6.07) is 6.13. The van der Waals surface area contributed by atoms with Gasteiger partial charge in [0.1, 0.15) is 0 Å². The number of benzene rings is 1. The number of pyridine rings is 1. The Labute approximate surface area is 153 Å². The molecule has 4 rings (SSSR count). The third kappa shape index (κ3) is 3.05.